The molecule has 0 aliphatic carbocycles. The van der Waals surface area contributed by atoms with Crippen LogP contribution in [-0.2, 0) is 0 Å². The van der Waals surface area contributed by atoms with E-state index in [1.165, 1.54) is 49.4 Å². The molecule has 176 valence electrons. The van der Waals surface area contributed by atoms with Crippen molar-refractivity contribution in [1.29, 1.82) is 0 Å². The van der Waals surface area contributed by atoms with Crippen molar-refractivity contribution in [2.24, 2.45) is 0 Å². The monoisotopic (exact) mass is 474 g/mol. The van der Waals surface area contributed by atoms with Gasteiger partial charge in [0.15, 0.2) is 0 Å². The molecule has 6 aromatic carbocycles. The van der Waals surface area contributed by atoms with E-state index >= 15 is 0 Å². The van der Waals surface area contributed by atoms with Crippen molar-refractivity contribution in [2.45, 2.75) is 13.8 Å². The van der Waals surface area contributed by atoms with E-state index in [9.17, 15) is 0 Å². The van der Waals surface area contributed by atoms with Crippen molar-refractivity contribution in [3.05, 3.63) is 133 Å². The van der Waals surface area contributed by atoms with Gasteiger partial charge in [-0.1, -0.05) is 103 Å². The van der Waals surface area contributed by atoms with Gasteiger partial charge in [-0.3, -0.25) is 4.57 Å². The van der Waals surface area contributed by atoms with Crippen LogP contribution in [0.3, 0.4) is 0 Å². The summed E-state index contributed by atoms with van der Waals surface area (Å²) in [5, 5.41) is 5.10. The molecule has 0 spiro atoms. The molecule has 1 aromatic heterocycles. The lowest BCUT2D eigenvalue weighted by Crippen LogP contribution is -1.97. The van der Waals surface area contributed by atoms with Crippen LogP contribution in [0.4, 0.5) is 0 Å². The van der Waals surface area contributed by atoms with Gasteiger partial charge in [0.05, 0.1) is 11.0 Å². The topological polar surface area (TPSA) is 17.8 Å². The Kier molecular flexibility index (Phi) is 4.93. The van der Waals surface area contributed by atoms with E-state index in [0.29, 0.717) is 0 Å². The van der Waals surface area contributed by atoms with Crippen molar-refractivity contribution in [3.63, 3.8) is 0 Å². The van der Waals surface area contributed by atoms with Crippen LogP contribution < -0.4 is 0 Å². The first-order valence-corrected chi connectivity index (χ1v) is 12.7. The van der Waals surface area contributed by atoms with Crippen LogP contribution in [-0.4, -0.2) is 9.55 Å². The summed E-state index contributed by atoms with van der Waals surface area (Å²) in [6.45, 7) is 4.21. The molecule has 2 heteroatoms. The third-order valence-corrected chi connectivity index (χ3v) is 7.41. The Bertz CT molecular complexity index is 1870. The van der Waals surface area contributed by atoms with Gasteiger partial charge in [-0.25, -0.2) is 4.98 Å². The summed E-state index contributed by atoms with van der Waals surface area (Å²) in [5.74, 6) is 0.993. The van der Waals surface area contributed by atoms with Gasteiger partial charge < -0.3 is 0 Å². The lowest BCUT2D eigenvalue weighted by molar-refractivity contribution is 1.00. The summed E-state index contributed by atoms with van der Waals surface area (Å²) in [6.07, 6.45) is 0. The second-order valence-corrected chi connectivity index (χ2v) is 9.74. The second-order valence-electron chi connectivity index (χ2n) is 9.74. The molecule has 1 heterocycles. The molecule has 0 aliphatic rings. The number of imidazole rings is 1. The lowest BCUT2D eigenvalue weighted by atomic mass is 9.86. The van der Waals surface area contributed by atoms with Crippen molar-refractivity contribution < 1.29 is 0 Å². The Hall–Kier alpha value is -4.69. The molecular formula is C35H26N2. The Morgan fingerprint density at radius 1 is 0.486 bits per heavy atom. The molecule has 0 radical (unpaired) electrons. The average Bonchev–Trinajstić information content (AvgIpc) is 3.28. The minimum Gasteiger partial charge on any atom is -0.297 e. The number of benzene rings is 6. The predicted octanol–water partition coefficient (Wildman–Crippen LogP) is 9.28. The van der Waals surface area contributed by atoms with Crippen molar-refractivity contribution in [1.82, 2.24) is 9.55 Å². The summed E-state index contributed by atoms with van der Waals surface area (Å²) < 4.78 is 2.23. The quantitative estimate of drug-likeness (QED) is 0.233. The number of fused-ring (bicyclic) bond motifs is 3. The van der Waals surface area contributed by atoms with E-state index in [1.807, 2.05) is 6.07 Å². The van der Waals surface area contributed by atoms with E-state index in [1.54, 1.807) is 0 Å². The van der Waals surface area contributed by atoms with Crippen LogP contribution in [0.15, 0.2) is 121 Å². The second kappa shape index (κ2) is 8.46. The minimum atomic E-state index is 0.993. The van der Waals surface area contributed by atoms with E-state index in [-0.39, 0.29) is 0 Å². The highest BCUT2D eigenvalue weighted by molar-refractivity contribution is 6.21. The maximum absolute atomic E-state index is 4.76. The van der Waals surface area contributed by atoms with Gasteiger partial charge in [0, 0.05) is 5.69 Å². The molecule has 7 rings (SSSR count). The Morgan fingerprint density at radius 3 is 1.49 bits per heavy atom. The van der Waals surface area contributed by atoms with Gasteiger partial charge in [0.2, 0.25) is 0 Å². The molecule has 0 saturated heterocycles. The van der Waals surface area contributed by atoms with Crippen molar-refractivity contribution in [2.75, 3.05) is 0 Å². The number of nitrogens with zero attached hydrogens (tertiary/aromatic N) is 2. The largest absolute Gasteiger partial charge is 0.297 e. The molecule has 0 amide bonds. The summed E-state index contributed by atoms with van der Waals surface area (Å²) in [6, 6.07) is 43.8. The molecule has 0 aliphatic heterocycles. The fourth-order valence-corrected chi connectivity index (χ4v) is 5.72. The molecule has 0 unspecified atom stereocenters. The maximum atomic E-state index is 4.76. The van der Waals surface area contributed by atoms with E-state index in [0.717, 1.165) is 22.5 Å². The zero-order chi connectivity index (χ0) is 24.9. The Morgan fingerprint density at radius 2 is 0.946 bits per heavy atom. The van der Waals surface area contributed by atoms with E-state index in [2.05, 4.69) is 134 Å². The van der Waals surface area contributed by atoms with Crippen LogP contribution in [0.25, 0.3) is 60.5 Å². The van der Waals surface area contributed by atoms with Crippen molar-refractivity contribution >= 4 is 32.6 Å². The predicted molar refractivity (Wildman–Crippen MR) is 156 cm³/mol. The average molecular weight is 475 g/mol. The van der Waals surface area contributed by atoms with Crippen LogP contribution in [0.2, 0.25) is 0 Å². The van der Waals surface area contributed by atoms with Gasteiger partial charge in [-0.05, 0) is 81.9 Å². The standard InChI is InChI=1S/C35H26N2/c1-23-15-17-25(18-16-23)34-28-9-3-5-11-30(28)35(31-12-6-4-10-29(31)34)26-19-21-27(22-20-26)37-24(2)36-32-13-7-8-14-33(32)37/h3-22H,1-2H3. The number of aryl methyl sites for hydroxylation is 2. The van der Waals surface area contributed by atoms with Gasteiger partial charge in [0.1, 0.15) is 5.82 Å². The van der Waals surface area contributed by atoms with E-state index < -0.39 is 0 Å². The lowest BCUT2D eigenvalue weighted by Gasteiger charge is -2.18. The van der Waals surface area contributed by atoms with Crippen LogP contribution >= 0.6 is 0 Å². The van der Waals surface area contributed by atoms with Crippen LogP contribution in [0.1, 0.15) is 11.4 Å². The highest BCUT2D eigenvalue weighted by Gasteiger charge is 2.17. The fourth-order valence-electron chi connectivity index (χ4n) is 5.72. The van der Waals surface area contributed by atoms with E-state index in [4.69, 9.17) is 4.98 Å². The van der Waals surface area contributed by atoms with Gasteiger partial charge in [0.25, 0.3) is 0 Å². The molecule has 0 bridgehead atoms. The number of hydrogen-bond donors (Lipinski definition) is 0. The normalized spacial score (nSPS) is 11.5. The SMILES string of the molecule is Cc1ccc(-c2c3ccccc3c(-c3ccc(-n4c(C)nc5ccccc54)cc3)c3ccccc23)cc1. The highest BCUT2D eigenvalue weighted by Crippen LogP contribution is 2.43. The number of aromatic nitrogens is 2. The smallest absolute Gasteiger partial charge is 0.111 e. The first kappa shape index (κ1) is 21.6. The van der Waals surface area contributed by atoms with Crippen LogP contribution in [0, 0.1) is 13.8 Å². The number of hydrogen-bond acceptors (Lipinski definition) is 1. The first-order valence-electron chi connectivity index (χ1n) is 12.7. The molecular weight excluding hydrogens is 448 g/mol. The molecule has 7 aromatic rings. The molecule has 2 nitrogen and oxygen atoms in total. The summed E-state index contributed by atoms with van der Waals surface area (Å²) in [7, 11) is 0. The van der Waals surface area contributed by atoms with Crippen molar-refractivity contribution in [3.8, 4) is 27.9 Å². The summed E-state index contributed by atoms with van der Waals surface area (Å²) in [4.78, 5) is 4.76. The van der Waals surface area contributed by atoms with Gasteiger partial charge >= 0.3 is 0 Å². The molecule has 0 atom stereocenters. The zero-order valence-electron chi connectivity index (χ0n) is 20.9. The van der Waals surface area contributed by atoms with Crippen LogP contribution in [0.5, 0.6) is 0 Å². The minimum absolute atomic E-state index is 0.993. The highest BCUT2D eigenvalue weighted by atomic mass is 15.1. The number of rotatable bonds is 3. The molecule has 0 fully saturated rings. The molecule has 0 N–H and O–H groups in total. The number of para-hydroxylation sites is 2. The van der Waals surface area contributed by atoms with Gasteiger partial charge in [-0.2, -0.15) is 0 Å². The maximum Gasteiger partial charge on any atom is 0.111 e. The Labute approximate surface area is 216 Å². The fraction of sp³-hybridized carbons (Fsp3) is 0.0571. The van der Waals surface area contributed by atoms with Gasteiger partial charge in [-0.15, -0.1) is 0 Å². The molecule has 0 saturated carbocycles. The summed E-state index contributed by atoms with van der Waals surface area (Å²) in [5.41, 5.74) is 9.60. The zero-order valence-corrected chi connectivity index (χ0v) is 20.9. The Balaban J connectivity index is 1.47. The molecule has 37 heavy (non-hydrogen) atoms. The third kappa shape index (κ3) is 3.45. The third-order valence-electron chi connectivity index (χ3n) is 7.41. The first-order chi connectivity index (χ1) is 18.2. The summed E-state index contributed by atoms with van der Waals surface area (Å²) >= 11 is 0.